The Kier molecular flexibility index (Phi) is 16.1. The third-order valence-corrected chi connectivity index (χ3v) is 11.9. The van der Waals surface area contributed by atoms with E-state index in [0.717, 1.165) is 9.79 Å². The monoisotopic (exact) mass is 811 g/mol. The molecule has 6 aromatic carbocycles. The van der Waals surface area contributed by atoms with Crippen LogP contribution < -0.4 is 21.2 Å². The zero-order valence-electron chi connectivity index (χ0n) is 23.6. The van der Waals surface area contributed by atoms with Gasteiger partial charge in [0.05, 0.1) is 15.8 Å². The Bertz CT molecular complexity index is 1370. The molecule has 5 heteroatoms. The summed E-state index contributed by atoms with van der Waals surface area (Å²) >= 11 is 9.62. The summed E-state index contributed by atoms with van der Waals surface area (Å²) in [6.07, 6.45) is 0. The average molecular weight is 812 g/mol. The Balaban J connectivity index is 0.000000276. The molecule has 0 aromatic heterocycles. The maximum Gasteiger partial charge on any atom is 2.00 e. The van der Waals surface area contributed by atoms with Gasteiger partial charge in [0.1, 0.15) is 32.9 Å². The fraction of sp³-hybridized carbons (Fsp3) is 0. The summed E-state index contributed by atoms with van der Waals surface area (Å²) in [4.78, 5) is 1.81. The summed E-state index contributed by atoms with van der Waals surface area (Å²) in [5, 5.41) is 5.71. The second-order valence-corrected chi connectivity index (χ2v) is 14.8. The molecule has 6 aromatic rings. The number of hydrogen-bond acceptors (Lipinski definition) is 2. The molecule has 0 N–H and O–H groups in total. The van der Waals surface area contributed by atoms with Gasteiger partial charge < -0.3 is 25.3 Å². The second kappa shape index (κ2) is 20.1. The predicted molar refractivity (Wildman–Crippen MR) is 194 cm³/mol. The predicted octanol–water partition coefficient (Wildman–Crippen LogP) is 8.37. The van der Waals surface area contributed by atoms with E-state index in [9.17, 15) is 0 Å². The van der Waals surface area contributed by atoms with E-state index < -0.39 is 15.8 Å². The van der Waals surface area contributed by atoms with Gasteiger partial charge in [-0.25, -0.2) is 0 Å². The van der Waals surface area contributed by atoms with Crippen LogP contribution in [0.25, 0.3) is 0 Å². The standard InChI is InChI=1S/C26H22P2.2C6H6S.Pt/c1-5-13-23(14-6-1)27(24-15-7-2-8-16-24)21-22-28(25-17-9-3-10-18-25)26-19-11-4-12-20-26;2*7-6-4-2-1-3-5-6;/h1-22H;2*1-5,7H;/q;;;+2. The molecule has 0 saturated heterocycles. The normalized spacial score (nSPS) is 10.2. The van der Waals surface area contributed by atoms with Crippen LogP contribution in [-0.4, -0.2) is 0 Å². The molecule has 43 heavy (non-hydrogen) atoms. The van der Waals surface area contributed by atoms with E-state index in [4.69, 9.17) is 25.3 Å². The smallest absolute Gasteiger partial charge is 0.780 e. The van der Waals surface area contributed by atoms with Crippen LogP contribution in [0.2, 0.25) is 0 Å². The van der Waals surface area contributed by atoms with E-state index in [1.165, 1.54) is 21.2 Å². The van der Waals surface area contributed by atoms with Crippen LogP contribution in [0, 0.1) is 0 Å². The van der Waals surface area contributed by atoms with Gasteiger partial charge in [-0.15, -0.1) is 0 Å². The summed E-state index contributed by atoms with van der Waals surface area (Å²) in [6.45, 7) is 0. The first-order valence-corrected chi connectivity index (χ1v) is 17.8. The summed E-state index contributed by atoms with van der Waals surface area (Å²) in [5.41, 5.74) is 0. The van der Waals surface area contributed by atoms with Gasteiger partial charge >= 0.3 is 21.1 Å². The Labute approximate surface area is 284 Å². The molecule has 0 saturated carbocycles. The van der Waals surface area contributed by atoms with Crippen LogP contribution in [0.4, 0.5) is 0 Å². The molecule has 0 nitrogen and oxygen atoms in total. The average Bonchev–Trinajstić information content (AvgIpc) is 3.06. The molecular weight excluding hydrogens is 778 g/mol. The maximum atomic E-state index is 4.81. The third-order valence-electron chi connectivity index (χ3n) is 6.24. The zero-order chi connectivity index (χ0) is 29.2. The van der Waals surface area contributed by atoms with Gasteiger partial charge in [-0.2, -0.15) is 9.79 Å². The minimum Gasteiger partial charge on any atom is -0.780 e. The maximum absolute atomic E-state index is 4.81. The Hall–Kier alpha value is -2.95. The first kappa shape index (κ1) is 34.5. The molecular formula is C38H34P2PtS2+2. The summed E-state index contributed by atoms with van der Waals surface area (Å²) < 4.78 is 0. The van der Waals surface area contributed by atoms with Gasteiger partial charge in [-0.1, -0.05) is 133 Å². The quantitative estimate of drug-likeness (QED) is 0.123. The minimum absolute atomic E-state index is 0. The van der Waals surface area contributed by atoms with Crippen molar-refractivity contribution in [2.45, 2.75) is 9.79 Å². The first-order valence-electron chi connectivity index (χ1n) is 13.8. The fourth-order valence-corrected chi connectivity index (χ4v) is 9.49. The molecule has 0 fully saturated rings. The zero-order valence-corrected chi connectivity index (χ0v) is 29.5. The van der Waals surface area contributed by atoms with Crippen LogP contribution in [0.3, 0.4) is 0 Å². The molecule has 0 heterocycles. The molecule has 0 radical (unpaired) electrons. The van der Waals surface area contributed by atoms with Gasteiger partial charge in [0.25, 0.3) is 0 Å². The van der Waals surface area contributed by atoms with E-state index in [1.807, 2.05) is 60.7 Å². The Morgan fingerprint density at radius 1 is 0.302 bits per heavy atom. The van der Waals surface area contributed by atoms with Gasteiger partial charge in [0.2, 0.25) is 0 Å². The molecule has 0 amide bonds. The van der Waals surface area contributed by atoms with Gasteiger partial charge in [-0.05, 0) is 48.5 Å². The summed E-state index contributed by atoms with van der Waals surface area (Å²) in [7, 11) is -1.93. The van der Waals surface area contributed by atoms with Crippen LogP contribution in [-0.2, 0) is 46.3 Å². The molecule has 0 atom stereocenters. The van der Waals surface area contributed by atoms with Crippen molar-refractivity contribution in [1.82, 2.24) is 0 Å². The summed E-state index contributed by atoms with van der Waals surface area (Å²) in [5.74, 6) is 5.01. The molecule has 0 aliphatic rings. The van der Waals surface area contributed by atoms with E-state index in [-0.39, 0.29) is 21.1 Å². The number of rotatable bonds is 6. The van der Waals surface area contributed by atoms with Crippen molar-refractivity contribution >= 4 is 62.3 Å². The molecule has 6 rings (SSSR count). The van der Waals surface area contributed by atoms with E-state index in [0.29, 0.717) is 0 Å². The van der Waals surface area contributed by atoms with Crippen LogP contribution in [0.1, 0.15) is 0 Å². The molecule has 216 valence electrons. The van der Waals surface area contributed by atoms with Crippen molar-refractivity contribution in [2.75, 3.05) is 0 Å². The fourth-order valence-electron chi connectivity index (χ4n) is 4.20. The molecule has 0 bridgehead atoms. The topological polar surface area (TPSA) is 0 Å². The molecule has 0 unspecified atom stereocenters. The van der Waals surface area contributed by atoms with Crippen molar-refractivity contribution in [3.8, 4) is 0 Å². The van der Waals surface area contributed by atoms with E-state index >= 15 is 0 Å². The van der Waals surface area contributed by atoms with Crippen molar-refractivity contribution in [3.63, 3.8) is 0 Å². The van der Waals surface area contributed by atoms with Crippen LogP contribution in [0.15, 0.2) is 203 Å². The molecule has 0 spiro atoms. The van der Waals surface area contributed by atoms with Crippen molar-refractivity contribution < 1.29 is 21.1 Å². The van der Waals surface area contributed by atoms with Gasteiger partial charge in [-0.3, -0.25) is 0 Å². The number of benzene rings is 6. The van der Waals surface area contributed by atoms with Gasteiger partial charge in [0, 0.05) is 0 Å². The summed E-state index contributed by atoms with van der Waals surface area (Å²) in [6, 6.07) is 63.0. The van der Waals surface area contributed by atoms with Crippen molar-refractivity contribution in [1.29, 1.82) is 0 Å². The first-order chi connectivity index (χ1) is 20.7. The molecule has 0 aliphatic heterocycles. The third kappa shape index (κ3) is 12.3. The second-order valence-electron chi connectivity index (χ2n) is 9.25. The molecule has 0 aliphatic carbocycles. The SMILES string of the molecule is C(=C[PH+](c1ccccc1)c1ccccc1)[PH+](c1ccccc1)c1ccccc1.[Pt+2].[S-]c1ccccc1.[S-]c1ccccc1. The largest absolute Gasteiger partial charge is 2.00 e. The van der Waals surface area contributed by atoms with E-state index in [1.54, 1.807) is 0 Å². The Morgan fingerprint density at radius 2 is 0.488 bits per heavy atom. The van der Waals surface area contributed by atoms with Crippen molar-refractivity contribution in [2.24, 2.45) is 0 Å². The minimum atomic E-state index is -0.964. The Morgan fingerprint density at radius 3 is 0.651 bits per heavy atom. The van der Waals surface area contributed by atoms with Crippen molar-refractivity contribution in [3.05, 3.63) is 194 Å². The van der Waals surface area contributed by atoms with Crippen LogP contribution >= 0.6 is 15.8 Å². The van der Waals surface area contributed by atoms with Gasteiger partial charge in [0.15, 0.2) is 0 Å². The van der Waals surface area contributed by atoms with Crippen LogP contribution in [0.5, 0.6) is 0 Å². The van der Waals surface area contributed by atoms with E-state index in [2.05, 4.69) is 133 Å². The number of hydrogen-bond donors (Lipinski definition) is 0.